The van der Waals surface area contributed by atoms with E-state index in [1.165, 1.54) is 19.4 Å². The highest BCUT2D eigenvalue weighted by molar-refractivity contribution is 5.45. The van der Waals surface area contributed by atoms with Gasteiger partial charge in [0.1, 0.15) is 0 Å². The summed E-state index contributed by atoms with van der Waals surface area (Å²) in [4.78, 5) is 2.50. The Bertz CT molecular complexity index is 481. The van der Waals surface area contributed by atoms with E-state index in [2.05, 4.69) is 17.1 Å². The van der Waals surface area contributed by atoms with Crippen molar-refractivity contribution in [3.63, 3.8) is 0 Å². The smallest absolute Gasteiger partial charge is 0.231 e. The highest BCUT2D eigenvalue weighted by Crippen LogP contribution is 2.34. The van der Waals surface area contributed by atoms with E-state index in [9.17, 15) is 5.11 Å². The summed E-state index contributed by atoms with van der Waals surface area (Å²) >= 11 is 0. The number of rotatable bonds is 6. The molecule has 1 saturated heterocycles. The molecule has 2 aliphatic rings. The van der Waals surface area contributed by atoms with Gasteiger partial charge in [0, 0.05) is 19.1 Å². The minimum Gasteiger partial charge on any atom is -0.454 e. The normalized spacial score (nSPS) is 22.7. The SMILES string of the molecule is CCN1CCCC1CNCC(O)c1ccc2c(c1)OCO2. The van der Waals surface area contributed by atoms with Crippen LogP contribution < -0.4 is 14.8 Å². The lowest BCUT2D eigenvalue weighted by Crippen LogP contribution is -2.39. The topological polar surface area (TPSA) is 54.0 Å². The van der Waals surface area contributed by atoms with E-state index in [-0.39, 0.29) is 6.79 Å². The zero-order valence-corrected chi connectivity index (χ0v) is 12.5. The number of nitrogens with zero attached hydrogens (tertiary/aromatic N) is 1. The van der Waals surface area contributed by atoms with Gasteiger partial charge < -0.3 is 19.9 Å². The first kappa shape index (κ1) is 14.6. The average molecular weight is 292 g/mol. The van der Waals surface area contributed by atoms with E-state index in [0.29, 0.717) is 12.6 Å². The molecule has 5 nitrogen and oxygen atoms in total. The summed E-state index contributed by atoms with van der Waals surface area (Å²) in [6.45, 7) is 6.29. The number of hydrogen-bond donors (Lipinski definition) is 2. The number of ether oxygens (including phenoxy) is 2. The fourth-order valence-corrected chi connectivity index (χ4v) is 3.17. The van der Waals surface area contributed by atoms with E-state index in [4.69, 9.17) is 9.47 Å². The van der Waals surface area contributed by atoms with Gasteiger partial charge in [-0.3, -0.25) is 4.90 Å². The molecule has 2 aliphatic heterocycles. The second-order valence-corrected chi connectivity index (χ2v) is 5.71. The van der Waals surface area contributed by atoms with E-state index in [0.717, 1.165) is 30.2 Å². The first-order valence-corrected chi connectivity index (χ1v) is 7.80. The molecule has 2 atom stereocenters. The van der Waals surface area contributed by atoms with Crippen molar-refractivity contribution in [2.45, 2.75) is 31.9 Å². The molecule has 0 aliphatic carbocycles. The van der Waals surface area contributed by atoms with Crippen LogP contribution in [0.1, 0.15) is 31.4 Å². The maximum atomic E-state index is 10.3. The Kier molecular flexibility index (Phi) is 4.63. The molecule has 1 fully saturated rings. The molecule has 0 spiro atoms. The third kappa shape index (κ3) is 3.31. The van der Waals surface area contributed by atoms with E-state index in [1.807, 2.05) is 18.2 Å². The molecule has 2 heterocycles. The van der Waals surface area contributed by atoms with Crippen LogP contribution in [0.4, 0.5) is 0 Å². The number of nitrogens with one attached hydrogen (secondary N) is 1. The highest BCUT2D eigenvalue weighted by Gasteiger charge is 2.23. The van der Waals surface area contributed by atoms with Gasteiger partial charge >= 0.3 is 0 Å². The van der Waals surface area contributed by atoms with E-state index in [1.54, 1.807) is 0 Å². The molecule has 0 amide bonds. The van der Waals surface area contributed by atoms with E-state index >= 15 is 0 Å². The molecule has 2 unspecified atom stereocenters. The molecule has 2 N–H and O–H groups in total. The van der Waals surface area contributed by atoms with Gasteiger partial charge in [-0.05, 0) is 43.6 Å². The molecule has 3 rings (SSSR count). The quantitative estimate of drug-likeness (QED) is 0.832. The number of benzene rings is 1. The second kappa shape index (κ2) is 6.64. The summed E-state index contributed by atoms with van der Waals surface area (Å²) in [5.74, 6) is 1.47. The summed E-state index contributed by atoms with van der Waals surface area (Å²) in [5, 5.41) is 13.7. The monoisotopic (exact) mass is 292 g/mol. The maximum Gasteiger partial charge on any atom is 0.231 e. The van der Waals surface area contributed by atoms with Gasteiger partial charge in [-0.2, -0.15) is 0 Å². The van der Waals surface area contributed by atoms with Crippen LogP contribution in [0.25, 0.3) is 0 Å². The minimum absolute atomic E-state index is 0.266. The van der Waals surface area contributed by atoms with Crippen molar-refractivity contribution in [1.29, 1.82) is 0 Å². The van der Waals surface area contributed by atoms with Crippen LogP contribution in [-0.4, -0.2) is 49.0 Å². The van der Waals surface area contributed by atoms with Gasteiger partial charge in [0.05, 0.1) is 6.10 Å². The van der Waals surface area contributed by atoms with Gasteiger partial charge in [0.25, 0.3) is 0 Å². The fraction of sp³-hybridized carbons (Fsp3) is 0.625. The van der Waals surface area contributed by atoms with Crippen LogP contribution in [0.2, 0.25) is 0 Å². The average Bonchev–Trinajstić information content (AvgIpc) is 3.14. The molecule has 1 aromatic rings. The Morgan fingerprint density at radius 2 is 2.24 bits per heavy atom. The predicted molar refractivity (Wildman–Crippen MR) is 80.7 cm³/mol. The predicted octanol–water partition coefficient (Wildman–Crippen LogP) is 1.52. The molecule has 0 bridgehead atoms. The molecule has 21 heavy (non-hydrogen) atoms. The van der Waals surface area contributed by atoms with Crippen molar-refractivity contribution in [3.05, 3.63) is 23.8 Å². The van der Waals surface area contributed by atoms with Crippen molar-refractivity contribution in [3.8, 4) is 11.5 Å². The standard InChI is InChI=1S/C16H24N2O3/c1-2-18-7-3-4-13(18)9-17-10-14(19)12-5-6-15-16(8-12)21-11-20-15/h5-6,8,13-14,17,19H,2-4,7,9-11H2,1H3. The number of likely N-dealkylation sites (N-methyl/N-ethyl adjacent to an activating group) is 1. The first-order valence-electron chi connectivity index (χ1n) is 7.80. The van der Waals surface area contributed by atoms with Crippen LogP contribution in [-0.2, 0) is 0 Å². The van der Waals surface area contributed by atoms with Gasteiger partial charge in [-0.25, -0.2) is 0 Å². The highest BCUT2D eigenvalue weighted by atomic mass is 16.7. The molecular formula is C16H24N2O3. The van der Waals surface area contributed by atoms with Crippen molar-refractivity contribution >= 4 is 0 Å². The lowest BCUT2D eigenvalue weighted by molar-refractivity contribution is 0.166. The van der Waals surface area contributed by atoms with Crippen LogP contribution in [0.5, 0.6) is 11.5 Å². The second-order valence-electron chi connectivity index (χ2n) is 5.71. The summed E-state index contributed by atoms with van der Waals surface area (Å²) in [6.07, 6.45) is 2.02. The largest absolute Gasteiger partial charge is 0.454 e. The maximum absolute atomic E-state index is 10.3. The Balaban J connectivity index is 1.49. The number of fused-ring (bicyclic) bond motifs is 1. The Morgan fingerprint density at radius 3 is 3.10 bits per heavy atom. The Morgan fingerprint density at radius 1 is 1.38 bits per heavy atom. The fourth-order valence-electron chi connectivity index (χ4n) is 3.17. The van der Waals surface area contributed by atoms with Gasteiger partial charge in [-0.1, -0.05) is 13.0 Å². The molecule has 116 valence electrons. The van der Waals surface area contributed by atoms with Gasteiger partial charge in [0.15, 0.2) is 11.5 Å². The molecular weight excluding hydrogens is 268 g/mol. The van der Waals surface area contributed by atoms with E-state index < -0.39 is 6.10 Å². The molecule has 0 aromatic heterocycles. The van der Waals surface area contributed by atoms with Crippen molar-refractivity contribution < 1.29 is 14.6 Å². The number of aliphatic hydroxyl groups is 1. The number of aliphatic hydroxyl groups excluding tert-OH is 1. The van der Waals surface area contributed by atoms with Gasteiger partial charge in [0.2, 0.25) is 6.79 Å². The van der Waals surface area contributed by atoms with Crippen molar-refractivity contribution in [2.24, 2.45) is 0 Å². The van der Waals surface area contributed by atoms with Crippen LogP contribution in [0.15, 0.2) is 18.2 Å². The van der Waals surface area contributed by atoms with Crippen molar-refractivity contribution in [1.82, 2.24) is 10.2 Å². The zero-order chi connectivity index (χ0) is 14.7. The third-order valence-electron chi connectivity index (χ3n) is 4.40. The Labute approximate surface area is 125 Å². The number of likely N-dealkylation sites (tertiary alicyclic amines) is 1. The third-order valence-corrected chi connectivity index (χ3v) is 4.40. The Hall–Kier alpha value is -1.30. The summed E-state index contributed by atoms with van der Waals surface area (Å²) in [5.41, 5.74) is 0.866. The van der Waals surface area contributed by atoms with Crippen LogP contribution in [0, 0.1) is 0 Å². The van der Waals surface area contributed by atoms with Crippen LogP contribution in [0.3, 0.4) is 0 Å². The van der Waals surface area contributed by atoms with Crippen LogP contribution >= 0.6 is 0 Å². The van der Waals surface area contributed by atoms with Crippen molar-refractivity contribution in [2.75, 3.05) is 33.0 Å². The molecule has 0 radical (unpaired) electrons. The summed E-state index contributed by atoms with van der Waals surface area (Å²) in [7, 11) is 0. The number of hydrogen-bond acceptors (Lipinski definition) is 5. The first-order chi connectivity index (χ1) is 10.3. The minimum atomic E-state index is -0.518. The van der Waals surface area contributed by atoms with Gasteiger partial charge in [-0.15, -0.1) is 0 Å². The molecule has 0 saturated carbocycles. The zero-order valence-electron chi connectivity index (χ0n) is 12.5. The molecule has 1 aromatic carbocycles. The lowest BCUT2D eigenvalue weighted by Gasteiger charge is -2.23. The molecule has 5 heteroatoms. The summed E-state index contributed by atoms with van der Waals surface area (Å²) in [6, 6.07) is 6.23. The lowest BCUT2D eigenvalue weighted by atomic mass is 10.1. The summed E-state index contributed by atoms with van der Waals surface area (Å²) < 4.78 is 10.6.